The van der Waals surface area contributed by atoms with Crippen LogP contribution in [0.3, 0.4) is 0 Å². The van der Waals surface area contributed by atoms with Gasteiger partial charge in [-0.15, -0.1) is 0 Å². The van der Waals surface area contributed by atoms with Crippen molar-refractivity contribution < 1.29 is 33.2 Å². The molecule has 0 saturated heterocycles. The summed E-state index contributed by atoms with van der Waals surface area (Å²) in [5, 5.41) is -2.43. The lowest BCUT2D eigenvalue weighted by atomic mass is 10.0. The summed E-state index contributed by atoms with van der Waals surface area (Å²) < 4.78 is 193. The van der Waals surface area contributed by atoms with Gasteiger partial charge in [-0.3, -0.25) is 0 Å². The van der Waals surface area contributed by atoms with Gasteiger partial charge in [0.25, 0.3) is 0 Å². The molecule has 3 aromatic heterocycles. The van der Waals surface area contributed by atoms with Crippen LogP contribution in [0.5, 0.6) is 0 Å². The minimum atomic E-state index is -0.859. The van der Waals surface area contributed by atoms with Crippen LogP contribution in [0.1, 0.15) is 28.8 Å². The second-order valence-corrected chi connectivity index (χ2v) is 10.4. The zero-order valence-electron chi connectivity index (χ0n) is 45.1. The third-order valence-electron chi connectivity index (χ3n) is 7.68. The summed E-state index contributed by atoms with van der Waals surface area (Å²) in [6.45, 7) is 0. The summed E-state index contributed by atoms with van der Waals surface area (Å²) in [7, 11) is 0. The van der Waals surface area contributed by atoms with Crippen molar-refractivity contribution in [2.24, 2.45) is 0 Å². The van der Waals surface area contributed by atoms with Gasteiger partial charge in [0.1, 0.15) is 11.2 Å². The zero-order valence-corrected chi connectivity index (χ0v) is 24.1. The molecular formula is C43H26N4O. The topological polar surface area (TPSA) is 56.7 Å². The molecular weight excluding hydrogens is 589 g/mol. The molecule has 0 aliphatic heterocycles. The molecule has 0 amide bonds. The summed E-state index contributed by atoms with van der Waals surface area (Å²) in [5.41, 5.74) is -3.20. The van der Waals surface area contributed by atoms with Gasteiger partial charge in [0.15, 0.2) is 17.5 Å². The quantitative estimate of drug-likeness (QED) is 0.193. The maximum Gasteiger partial charge on any atom is 0.164 e. The lowest BCUT2D eigenvalue weighted by Crippen LogP contribution is -2.00. The Labute approximate surface area is 304 Å². The molecule has 10 aromatic rings. The van der Waals surface area contributed by atoms with Crippen LogP contribution < -0.4 is 0 Å². The first-order valence-corrected chi connectivity index (χ1v) is 14.3. The average molecular weight is 636 g/mol. The number of rotatable bonds is 4. The molecule has 224 valence electrons. The van der Waals surface area contributed by atoms with Crippen LogP contribution in [0, 0.1) is 0 Å². The minimum absolute atomic E-state index is 0.131. The van der Waals surface area contributed by atoms with E-state index in [2.05, 4.69) is 15.0 Å². The monoisotopic (exact) mass is 635 g/mol. The van der Waals surface area contributed by atoms with E-state index in [4.69, 9.17) is 25.0 Å². The molecule has 7 aromatic carbocycles. The van der Waals surface area contributed by atoms with Gasteiger partial charge in [-0.1, -0.05) is 115 Å². The lowest BCUT2D eigenvalue weighted by Gasteiger charge is -2.09. The minimum Gasteiger partial charge on any atom is -0.456 e. The predicted molar refractivity (Wildman–Crippen MR) is 195 cm³/mol. The molecule has 0 aliphatic carbocycles. The van der Waals surface area contributed by atoms with Gasteiger partial charge in [0.2, 0.25) is 0 Å². The lowest BCUT2D eigenvalue weighted by molar-refractivity contribution is 0.668. The Kier molecular flexibility index (Phi) is 2.89. The number of hydrogen-bond acceptors (Lipinski definition) is 4. The van der Waals surface area contributed by atoms with Crippen molar-refractivity contribution >= 4 is 54.5 Å². The third-order valence-corrected chi connectivity index (χ3v) is 7.68. The van der Waals surface area contributed by atoms with E-state index < -0.39 is 199 Å². The summed E-state index contributed by atoms with van der Waals surface area (Å²) >= 11 is 0. The van der Waals surface area contributed by atoms with Crippen molar-refractivity contribution in [2.45, 2.75) is 0 Å². The van der Waals surface area contributed by atoms with Crippen LogP contribution in [0.4, 0.5) is 0 Å². The number of para-hydroxylation sites is 1. The van der Waals surface area contributed by atoms with Crippen LogP contribution in [-0.2, 0) is 0 Å². The number of hydrogen-bond donors (Lipinski definition) is 0. The van der Waals surface area contributed by atoms with E-state index in [9.17, 15) is 8.22 Å². The SMILES string of the molecule is [2H]c1c([2H])c([2H])c(-c2nc(-c3ccccc3)nc(-c3c([2H])c([2H])c([2H])c4oc5c([2H])c(-n6c7c([2H])c([2H])c([2H])c([2H])c7c7c([2H])c8c([2H])c([2H])c([2H])c([2H])c8c([2H])c76)c([2H])c([2H])c5c34)n2)c([2H])c1[2H]. The van der Waals surface area contributed by atoms with Gasteiger partial charge in [-0.05, 0) is 47.0 Å². The molecule has 0 saturated carbocycles. The van der Waals surface area contributed by atoms with E-state index in [0.29, 0.717) is 5.56 Å². The van der Waals surface area contributed by atoms with Gasteiger partial charge >= 0.3 is 0 Å². The first-order valence-electron chi connectivity index (χ1n) is 24.8. The Balaban J connectivity index is 1.38. The Hall–Kier alpha value is -6.59. The van der Waals surface area contributed by atoms with Crippen LogP contribution in [0.25, 0.3) is 94.4 Å². The number of nitrogens with zero attached hydrogens (tertiary/aromatic N) is 4. The van der Waals surface area contributed by atoms with E-state index in [0.717, 1.165) is 4.57 Å². The fourth-order valence-electron chi connectivity index (χ4n) is 5.60. The number of furan rings is 1. The maximum absolute atomic E-state index is 9.70. The van der Waals surface area contributed by atoms with Crippen LogP contribution in [-0.4, -0.2) is 19.5 Å². The molecule has 0 atom stereocenters. The Morgan fingerprint density at radius 1 is 0.500 bits per heavy atom. The van der Waals surface area contributed by atoms with Crippen molar-refractivity contribution in [2.75, 3.05) is 0 Å². The van der Waals surface area contributed by atoms with E-state index in [1.807, 2.05) is 0 Å². The van der Waals surface area contributed by atoms with Gasteiger partial charge in [0, 0.05) is 50.0 Å². The fraction of sp³-hybridized carbons (Fsp3) is 0. The van der Waals surface area contributed by atoms with E-state index >= 15 is 0 Å². The molecule has 0 bridgehead atoms. The Morgan fingerprint density at radius 3 is 2.08 bits per heavy atom. The fourth-order valence-corrected chi connectivity index (χ4v) is 5.60. The Bertz CT molecular complexity index is 4010. The molecule has 0 N–H and O–H groups in total. The van der Waals surface area contributed by atoms with Crippen molar-refractivity contribution in [3.63, 3.8) is 0 Å². The summed E-state index contributed by atoms with van der Waals surface area (Å²) in [4.78, 5) is 13.5. The van der Waals surface area contributed by atoms with E-state index in [1.165, 1.54) is 0 Å². The maximum atomic E-state index is 9.70. The van der Waals surface area contributed by atoms with E-state index in [1.54, 1.807) is 30.3 Å². The number of benzene rings is 7. The van der Waals surface area contributed by atoms with Gasteiger partial charge < -0.3 is 8.98 Å². The molecule has 0 radical (unpaired) electrons. The predicted octanol–water partition coefficient (Wildman–Crippen LogP) is 11.0. The largest absolute Gasteiger partial charge is 0.456 e. The second-order valence-electron chi connectivity index (χ2n) is 10.4. The van der Waals surface area contributed by atoms with Gasteiger partial charge in [-0.2, -0.15) is 0 Å². The summed E-state index contributed by atoms with van der Waals surface area (Å²) in [6, 6.07) is -7.29. The van der Waals surface area contributed by atoms with Crippen LogP contribution >= 0.6 is 0 Å². The molecule has 48 heavy (non-hydrogen) atoms. The normalized spacial score (nSPS) is 17.9. The average Bonchev–Trinajstić information content (AvgIpc) is 3.91. The third kappa shape index (κ3) is 4.15. The smallest absolute Gasteiger partial charge is 0.164 e. The van der Waals surface area contributed by atoms with Crippen molar-refractivity contribution in [3.05, 3.63) is 157 Å². The molecule has 10 rings (SSSR count). The highest BCUT2D eigenvalue weighted by atomic mass is 16.3. The van der Waals surface area contributed by atoms with Gasteiger partial charge in [-0.25, -0.2) is 15.0 Å². The Morgan fingerprint density at radius 2 is 1.23 bits per heavy atom. The van der Waals surface area contributed by atoms with Crippen LogP contribution in [0.2, 0.25) is 0 Å². The highest BCUT2D eigenvalue weighted by Gasteiger charge is 2.19. The molecule has 5 nitrogen and oxygen atoms in total. The van der Waals surface area contributed by atoms with E-state index in [-0.39, 0.29) is 16.6 Å². The number of fused-ring (bicyclic) bond motifs is 7. The van der Waals surface area contributed by atoms with Gasteiger partial charge in [0.05, 0.1) is 39.8 Å². The molecule has 3 heterocycles. The standard InChI is InChI=1S/C43H26N4O/c1-3-12-27(13-4-1)41-44-42(28-14-5-2-6-15-28)46-43(45-41)34-19-11-21-38-40(34)33-23-22-31(26-39(33)48-38)47-36-20-10-9-18-32(36)35-24-29-16-7-8-17-30(29)25-37(35)47/h1-26H/i1D,3D,4D,7D,8D,9D,10D,11D,12D,13D,16D,17D,18D,19D,20D,21D,22D,23D,24D,25D,26D. The van der Waals surface area contributed by atoms with Crippen molar-refractivity contribution in [3.8, 4) is 39.9 Å². The second kappa shape index (κ2) is 10.5. The zero-order chi connectivity index (χ0) is 49.9. The molecule has 0 aliphatic rings. The number of aromatic nitrogens is 4. The first-order chi connectivity index (χ1) is 32.5. The molecule has 0 unspecified atom stereocenters. The van der Waals surface area contributed by atoms with Crippen molar-refractivity contribution in [1.82, 2.24) is 19.5 Å². The molecule has 5 heteroatoms. The van der Waals surface area contributed by atoms with Crippen molar-refractivity contribution in [1.29, 1.82) is 0 Å². The summed E-state index contributed by atoms with van der Waals surface area (Å²) in [5.74, 6) is -1.05. The first kappa shape index (κ1) is 13.3. The van der Waals surface area contributed by atoms with Crippen LogP contribution in [0.15, 0.2) is 162 Å². The molecule has 0 spiro atoms. The summed E-state index contributed by atoms with van der Waals surface area (Å²) in [6.07, 6.45) is 0. The molecule has 0 fully saturated rings. The highest BCUT2D eigenvalue weighted by Crippen LogP contribution is 2.39. The highest BCUT2D eigenvalue weighted by molar-refractivity contribution is 6.15.